The second-order valence-electron chi connectivity index (χ2n) is 4.61. The first-order valence-corrected chi connectivity index (χ1v) is 7.50. The van der Waals surface area contributed by atoms with Crippen LogP contribution >= 0.6 is 11.3 Å². The Labute approximate surface area is 131 Å². The van der Waals surface area contributed by atoms with Crippen LogP contribution in [0.15, 0.2) is 36.0 Å². The lowest BCUT2D eigenvalue weighted by atomic mass is 10.2. The number of carbonyl (C=O) groups is 1. The zero-order valence-corrected chi connectivity index (χ0v) is 13.0. The molecule has 1 aromatic carbocycles. The minimum absolute atomic E-state index is 0.200. The van der Waals surface area contributed by atoms with Gasteiger partial charge in [-0.1, -0.05) is 0 Å². The summed E-state index contributed by atoms with van der Waals surface area (Å²) >= 11 is 1.55. The summed E-state index contributed by atoms with van der Waals surface area (Å²) in [6.07, 6.45) is 3.84. The largest absolute Gasteiger partial charge is 0.497 e. The van der Waals surface area contributed by atoms with Crippen molar-refractivity contribution in [1.82, 2.24) is 14.7 Å². The van der Waals surface area contributed by atoms with Crippen molar-refractivity contribution in [3.8, 4) is 11.5 Å². The van der Waals surface area contributed by atoms with Crippen LogP contribution in [0.25, 0.3) is 4.96 Å². The van der Waals surface area contributed by atoms with Crippen LogP contribution in [0.1, 0.15) is 16.1 Å². The smallest absolute Gasteiger partial charge is 0.251 e. The number of nitrogens with one attached hydrogen (secondary N) is 1. The Hall–Kier alpha value is -2.54. The normalized spacial score (nSPS) is 10.6. The van der Waals surface area contributed by atoms with Gasteiger partial charge in [0.05, 0.1) is 26.5 Å². The van der Waals surface area contributed by atoms with E-state index in [9.17, 15) is 4.79 Å². The summed E-state index contributed by atoms with van der Waals surface area (Å²) in [5.74, 6) is 0.951. The van der Waals surface area contributed by atoms with E-state index in [-0.39, 0.29) is 5.91 Å². The zero-order chi connectivity index (χ0) is 15.5. The molecule has 2 aromatic heterocycles. The third-order valence-corrected chi connectivity index (χ3v) is 3.96. The first kappa shape index (κ1) is 14.4. The Morgan fingerprint density at radius 2 is 2.00 bits per heavy atom. The number of nitrogens with zero attached hydrogens (tertiary/aromatic N) is 2. The van der Waals surface area contributed by atoms with E-state index in [1.54, 1.807) is 43.8 Å². The maximum Gasteiger partial charge on any atom is 0.251 e. The lowest BCUT2D eigenvalue weighted by Gasteiger charge is -2.08. The highest BCUT2D eigenvalue weighted by atomic mass is 32.1. The van der Waals surface area contributed by atoms with Gasteiger partial charge in [0, 0.05) is 29.4 Å². The first-order valence-electron chi connectivity index (χ1n) is 6.62. The molecular formula is C15H15N3O3S. The molecule has 0 unspecified atom stereocenters. The van der Waals surface area contributed by atoms with Gasteiger partial charge in [0.15, 0.2) is 4.96 Å². The molecule has 114 valence electrons. The molecule has 3 rings (SSSR count). The molecule has 0 bridgehead atoms. The molecule has 6 nitrogen and oxygen atoms in total. The summed E-state index contributed by atoms with van der Waals surface area (Å²) in [6, 6.07) is 5.06. The second-order valence-corrected chi connectivity index (χ2v) is 5.48. The number of amides is 1. The standard InChI is InChI=1S/C15H15N3O3S/c1-20-12-5-10(6-13(7-12)21-2)14(19)16-8-11-9-18-3-4-22-15(18)17-11/h3-7,9H,8H2,1-2H3,(H,16,19). The van der Waals surface area contributed by atoms with E-state index >= 15 is 0 Å². The van der Waals surface area contributed by atoms with Crippen LogP contribution in [-0.2, 0) is 6.54 Å². The van der Waals surface area contributed by atoms with Gasteiger partial charge in [-0.15, -0.1) is 11.3 Å². The Bertz CT molecular complexity index is 759. The van der Waals surface area contributed by atoms with E-state index in [1.165, 1.54) is 0 Å². The topological polar surface area (TPSA) is 64.9 Å². The van der Waals surface area contributed by atoms with Crippen molar-refractivity contribution in [3.05, 3.63) is 47.2 Å². The van der Waals surface area contributed by atoms with Gasteiger partial charge in [-0.2, -0.15) is 0 Å². The van der Waals surface area contributed by atoms with Crippen molar-refractivity contribution in [2.24, 2.45) is 0 Å². The molecular weight excluding hydrogens is 302 g/mol. The maximum absolute atomic E-state index is 12.3. The molecule has 0 aliphatic rings. The lowest BCUT2D eigenvalue weighted by molar-refractivity contribution is 0.0949. The Kier molecular flexibility index (Phi) is 3.97. The monoisotopic (exact) mass is 317 g/mol. The van der Waals surface area contributed by atoms with Crippen molar-refractivity contribution in [3.63, 3.8) is 0 Å². The SMILES string of the molecule is COc1cc(OC)cc(C(=O)NCc2cn3ccsc3n2)c1. The molecule has 0 spiro atoms. The number of fused-ring (bicyclic) bond motifs is 1. The molecule has 3 aromatic rings. The van der Waals surface area contributed by atoms with Crippen molar-refractivity contribution >= 4 is 22.2 Å². The molecule has 1 N–H and O–H groups in total. The molecule has 7 heteroatoms. The summed E-state index contributed by atoms with van der Waals surface area (Å²) in [5, 5.41) is 4.81. The molecule has 0 aliphatic heterocycles. The van der Waals surface area contributed by atoms with Crippen LogP contribution < -0.4 is 14.8 Å². The molecule has 2 heterocycles. The van der Waals surface area contributed by atoms with Crippen LogP contribution in [0, 0.1) is 0 Å². The first-order chi connectivity index (χ1) is 10.7. The fraction of sp³-hybridized carbons (Fsp3) is 0.200. The molecule has 0 aliphatic carbocycles. The molecule has 1 amide bonds. The van der Waals surface area contributed by atoms with E-state index in [1.807, 2.05) is 22.2 Å². The fourth-order valence-electron chi connectivity index (χ4n) is 2.07. The average Bonchev–Trinajstić information content (AvgIpc) is 3.13. The third-order valence-electron chi connectivity index (χ3n) is 3.19. The number of benzene rings is 1. The van der Waals surface area contributed by atoms with E-state index < -0.39 is 0 Å². The highest BCUT2D eigenvalue weighted by Crippen LogP contribution is 2.22. The third kappa shape index (κ3) is 2.89. The van der Waals surface area contributed by atoms with Crippen molar-refractivity contribution in [1.29, 1.82) is 0 Å². The van der Waals surface area contributed by atoms with Gasteiger partial charge in [0.1, 0.15) is 11.5 Å². The van der Waals surface area contributed by atoms with Crippen LogP contribution in [0.2, 0.25) is 0 Å². The zero-order valence-electron chi connectivity index (χ0n) is 12.2. The predicted octanol–water partition coefficient (Wildman–Crippen LogP) is 2.34. The highest BCUT2D eigenvalue weighted by Gasteiger charge is 2.11. The summed E-state index contributed by atoms with van der Waals surface area (Å²) in [5.41, 5.74) is 1.30. The quantitative estimate of drug-likeness (QED) is 0.784. The Morgan fingerprint density at radius 1 is 1.27 bits per heavy atom. The molecule has 0 atom stereocenters. The van der Waals surface area contributed by atoms with Gasteiger partial charge < -0.3 is 14.8 Å². The van der Waals surface area contributed by atoms with Gasteiger partial charge in [0.2, 0.25) is 0 Å². The number of carbonyl (C=O) groups excluding carboxylic acids is 1. The predicted molar refractivity (Wildman–Crippen MR) is 83.8 cm³/mol. The summed E-state index contributed by atoms with van der Waals surface area (Å²) in [7, 11) is 3.10. The summed E-state index contributed by atoms with van der Waals surface area (Å²) in [4.78, 5) is 17.6. The van der Waals surface area contributed by atoms with E-state index in [2.05, 4.69) is 10.3 Å². The molecule has 0 radical (unpaired) electrons. The number of aromatic nitrogens is 2. The Morgan fingerprint density at radius 3 is 2.64 bits per heavy atom. The Balaban J connectivity index is 1.72. The van der Waals surface area contributed by atoms with Gasteiger partial charge in [-0.25, -0.2) is 4.98 Å². The second kappa shape index (κ2) is 6.07. The van der Waals surface area contributed by atoms with Crippen molar-refractivity contribution in [2.45, 2.75) is 6.54 Å². The molecule has 22 heavy (non-hydrogen) atoms. The van der Waals surface area contributed by atoms with Crippen molar-refractivity contribution in [2.75, 3.05) is 14.2 Å². The van der Waals surface area contributed by atoms with E-state index in [0.29, 0.717) is 23.6 Å². The van der Waals surface area contributed by atoms with Crippen LogP contribution in [-0.4, -0.2) is 29.5 Å². The number of hydrogen-bond donors (Lipinski definition) is 1. The van der Waals surface area contributed by atoms with Crippen LogP contribution in [0.5, 0.6) is 11.5 Å². The minimum Gasteiger partial charge on any atom is -0.497 e. The summed E-state index contributed by atoms with van der Waals surface area (Å²) in [6.45, 7) is 0.368. The number of rotatable bonds is 5. The highest BCUT2D eigenvalue weighted by molar-refractivity contribution is 7.15. The number of hydrogen-bond acceptors (Lipinski definition) is 5. The maximum atomic E-state index is 12.3. The minimum atomic E-state index is -0.200. The van der Waals surface area contributed by atoms with Gasteiger partial charge in [-0.05, 0) is 12.1 Å². The van der Waals surface area contributed by atoms with Gasteiger partial charge in [-0.3, -0.25) is 9.20 Å². The van der Waals surface area contributed by atoms with E-state index in [4.69, 9.17) is 9.47 Å². The molecule has 0 saturated carbocycles. The van der Waals surface area contributed by atoms with Crippen LogP contribution in [0.3, 0.4) is 0 Å². The number of thiazole rings is 1. The molecule has 0 fully saturated rings. The summed E-state index contributed by atoms with van der Waals surface area (Å²) < 4.78 is 12.3. The van der Waals surface area contributed by atoms with E-state index in [0.717, 1.165) is 10.7 Å². The number of methoxy groups -OCH3 is 2. The van der Waals surface area contributed by atoms with Crippen molar-refractivity contribution < 1.29 is 14.3 Å². The van der Waals surface area contributed by atoms with Gasteiger partial charge >= 0.3 is 0 Å². The average molecular weight is 317 g/mol. The number of ether oxygens (including phenoxy) is 2. The number of imidazole rings is 1. The lowest BCUT2D eigenvalue weighted by Crippen LogP contribution is -2.23. The fourth-order valence-corrected chi connectivity index (χ4v) is 2.79. The van der Waals surface area contributed by atoms with Crippen LogP contribution in [0.4, 0.5) is 0 Å². The van der Waals surface area contributed by atoms with Gasteiger partial charge in [0.25, 0.3) is 5.91 Å². The molecule has 0 saturated heterocycles.